The Morgan fingerprint density at radius 1 is 1.09 bits per heavy atom. The minimum Gasteiger partial charge on any atom is -0.367 e. The molecule has 0 bridgehead atoms. The lowest BCUT2D eigenvalue weighted by Gasteiger charge is -2.24. The van der Waals surface area contributed by atoms with Crippen molar-refractivity contribution in [1.82, 2.24) is 14.4 Å². The van der Waals surface area contributed by atoms with Crippen LogP contribution in [0.5, 0.6) is 0 Å². The Bertz CT molecular complexity index is 815. The van der Waals surface area contributed by atoms with E-state index in [0.29, 0.717) is 6.04 Å². The molecule has 23 heavy (non-hydrogen) atoms. The van der Waals surface area contributed by atoms with Gasteiger partial charge in [0.05, 0.1) is 0 Å². The van der Waals surface area contributed by atoms with Gasteiger partial charge in [0.2, 0.25) is 5.78 Å². The van der Waals surface area contributed by atoms with Crippen LogP contribution in [0.4, 0.5) is 5.82 Å². The molecule has 0 saturated heterocycles. The monoisotopic (exact) mass is 306 g/mol. The van der Waals surface area contributed by atoms with Crippen LogP contribution in [0, 0.1) is 6.92 Å². The number of benzene rings is 1. The number of imidazole rings is 1. The van der Waals surface area contributed by atoms with Gasteiger partial charge in [0.25, 0.3) is 0 Å². The molecule has 4 heteroatoms. The highest BCUT2D eigenvalue weighted by Gasteiger charge is 2.20. The number of nitrogens with one attached hydrogen (secondary N) is 1. The maximum Gasteiger partial charge on any atom is 0.235 e. The van der Waals surface area contributed by atoms with Gasteiger partial charge >= 0.3 is 0 Å². The molecule has 1 N–H and O–H groups in total. The van der Waals surface area contributed by atoms with E-state index in [-0.39, 0.29) is 0 Å². The molecule has 1 fully saturated rings. The maximum absolute atomic E-state index is 4.80. The molecule has 3 aromatic rings. The van der Waals surface area contributed by atoms with E-state index < -0.39 is 0 Å². The number of aromatic nitrogens is 3. The molecule has 4 nitrogen and oxygen atoms in total. The van der Waals surface area contributed by atoms with E-state index in [2.05, 4.69) is 45.9 Å². The normalized spacial score (nSPS) is 15.9. The lowest BCUT2D eigenvalue weighted by atomic mass is 9.95. The van der Waals surface area contributed by atoms with E-state index in [1.807, 2.05) is 12.3 Å². The molecular weight excluding hydrogens is 284 g/mol. The van der Waals surface area contributed by atoms with Gasteiger partial charge in [-0.15, -0.1) is 0 Å². The van der Waals surface area contributed by atoms with Gasteiger partial charge in [-0.2, -0.15) is 0 Å². The number of hydrogen-bond acceptors (Lipinski definition) is 3. The summed E-state index contributed by atoms with van der Waals surface area (Å²) in [7, 11) is 0. The molecule has 1 aliphatic rings. The quantitative estimate of drug-likeness (QED) is 0.777. The zero-order chi connectivity index (χ0) is 15.6. The lowest BCUT2D eigenvalue weighted by Crippen LogP contribution is -2.23. The molecule has 1 aliphatic carbocycles. The summed E-state index contributed by atoms with van der Waals surface area (Å²) in [4.78, 5) is 9.22. The largest absolute Gasteiger partial charge is 0.367 e. The minimum atomic E-state index is 0.534. The third kappa shape index (κ3) is 2.69. The summed E-state index contributed by atoms with van der Waals surface area (Å²) in [6.45, 7) is 2.14. The Balaban J connectivity index is 1.83. The Hall–Kier alpha value is -2.36. The van der Waals surface area contributed by atoms with Crippen LogP contribution >= 0.6 is 0 Å². The van der Waals surface area contributed by atoms with Gasteiger partial charge in [0.1, 0.15) is 11.5 Å². The van der Waals surface area contributed by atoms with Crippen molar-refractivity contribution in [1.29, 1.82) is 0 Å². The maximum atomic E-state index is 4.80. The molecule has 0 radical (unpaired) electrons. The Morgan fingerprint density at radius 3 is 2.74 bits per heavy atom. The van der Waals surface area contributed by atoms with Crippen molar-refractivity contribution < 1.29 is 0 Å². The van der Waals surface area contributed by atoms with E-state index in [1.165, 1.54) is 43.2 Å². The summed E-state index contributed by atoms with van der Waals surface area (Å²) in [5.74, 6) is 1.83. The fraction of sp³-hybridized carbons (Fsp3) is 0.368. The highest BCUT2D eigenvalue weighted by molar-refractivity contribution is 5.77. The smallest absolute Gasteiger partial charge is 0.235 e. The van der Waals surface area contributed by atoms with Gasteiger partial charge in [-0.1, -0.05) is 43.5 Å². The van der Waals surface area contributed by atoms with E-state index in [4.69, 9.17) is 4.98 Å². The first-order valence-electron chi connectivity index (χ1n) is 8.48. The molecule has 2 aromatic heterocycles. The van der Waals surface area contributed by atoms with Crippen molar-refractivity contribution in [3.05, 3.63) is 48.3 Å². The summed E-state index contributed by atoms with van der Waals surface area (Å²) < 4.78 is 2.08. The van der Waals surface area contributed by atoms with Crippen LogP contribution in [-0.4, -0.2) is 20.4 Å². The summed E-state index contributed by atoms with van der Waals surface area (Å²) >= 11 is 0. The molecule has 4 rings (SSSR count). The second-order valence-electron chi connectivity index (χ2n) is 6.39. The number of nitrogens with zero attached hydrogens (tertiary/aromatic N) is 3. The van der Waals surface area contributed by atoms with Crippen molar-refractivity contribution >= 4 is 11.6 Å². The van der Waals surface area contributed by atoms with E-state index >= 15 is 0 Å². The van der Waals surface area contributed by atoms with Gasteiger partial charge in [-0.05, 0) is 31.4 Å². The van der Waals surface area contributed by atoms with Crippen LogP contribution in [-0.2, 0) is 0 Å². The fourth-order valence-corrected chi connectivity index (χ4v) is 3.49. The average Bonchev–Trinajstić information content (AvgIpc) is 2.95. The highest BCUT2D eigenvalue weighted by Crippen LogP contribution is 2.32. The Kier molecular flexibility index (Phi) is 3.74. The molecule has 1 saturated carbocycles. The van der Waals surface area contributed by atoms with Gasteiger partial charge in [-0.25, -0.2) is 9.97 Å². The second kappa shape index (κ2) is 6.03. The number of rotatable bonds is 3. The van der Waals surface area contributed by atoms with Crippen LogP contribution in [0.2, 0.25) is 0 Å². The molecule has 0 spiro atoms. The number of fused-ring (bicyclic) bond motifs is 1. The predicted octanol–water partition coefficient (Wildman–Crippen LogP) is 4.45. The molecule has 1 aromatic carbocycles. The van der Waals surface area contributed by atoms with Crippen molar-refractivity contribution in [2.45, 2.75) is 45.1 Å². The van der Waals surface area contributed by atoms with Gasteiger partial charge in [0.15, 0.2) is 0 Å². The first-order valence-corrected chi connectivity index (χ1v) is 8.48. The first kappa shape index (κ1) is 14.2. The zero-order valence-electron chi connectivity index (χ0n) is 13.5. The molecule has 0 unspecified atom stereocenters. The molecule has 0 amide bonds. The van der Waals surface area contributed by atoms with Crippen molar-refractivity contribution in [2.75, 3.05) is 5.32 Å². The fourth-order valence-electron chi connectivity index (χ4n) is 3.49. The van der Waals surface area contributed by atoms with Gasteiger partial charge in [0, 0.05) is 24.0 Å². The van der Waals surface area contributed by atoms with Crippen LogP contribution in [0.1, 0.15) is 37.7 Å². The van der Waals surface area contributed by atoms with Crippen LogP contribution in [0.25, 0.3) is 17.0 Å². The lowest BCUT2D eigenvalue weighted by molar-refractivity contribution is 0.461. The first-order chi connectivity index (χ1) is 11.3. The van der Waals surface area contributed by atoms with Gasteiger partial charge in [-0.3, -0.25) is 4.40 Å². The Labute approximate surface area is 136 Å². The minimum absolute atomic E-state index is 0.534. The SMILES string of the molecule is Cc1ccccc1-c1nc2ncccn2c1NC1CCCCC1. The number of aryl methyl sites for hydroxylation is 1. The summed E-state index contributed by atoms with van der Waals surface area (Å²) in [5.41, 5.74) is 3.42. The van der Waals surface area contributed by atoms with Crippen molar-refractivity contribution in [3.8, 4) is 11.3 Å². The Morgan fingerprint density at radius 2 is 1.91 bits per heavy atom. The molecule has 0 atom stereocenters. The van der Waals surface area contributed by atoms with Crippen LogP contribution in [0.15, 0.2) is 42.7 Å². The third-order valence-electron chi connectivity index (χ3n) is 4.75. The standard InChI is InChI=1S/C19H22N4/c1-14-8-5-6-11-16(14)17-18(21-15-9-3-2-4-10-15)23-13-7-12-20-19(23)22-17/h5-8,11-13,15,21H,2-4,9-10H2,1H3. The van der Waals surface area contributed by atoms with E-state index in [9.17, 15) is 0 Å². The van der Waals surface area contributed by atoms with Crippen LogP contribution in [0.3, 0.4) is 0 Å². The van der Waals surface area contributed by atoms with E-state index in [0.717, 1.165) is 17.3 Å². The zero-order valence-corrected chi connectivity index (χ0v) is 13.5. The summed E-state index contributed by atoms with van der Waals surface area (Å²) in [6.07, 6.45) is 10.3. The predicted molar refractivity (Wildman–Crippen MR) is 93.7 cm³/mol. The number of hydrogen-bond donors (Lipinski definition) is 1. The molecule has 0 aliphatic heterocycles. The summed E-state index contributed by atoms with van der Waals surface area (Å²) in [6, 6.07) is 10.9. The van der Waals surface area contributed by atoms with Crippen molar-refractivity contribution in [3.63, 3.8) is 0 Å². The topological polar surface area (TPSA) is 42.2 Å². The average molecular weight is 306 g/mol. The number of anilines is 1. The molecular formula is C19H22N4. The molecule has 118 valence electrons. The van der Waals surface area contributed by atoms with E-state index in [1.54, 1.807) is 6.20 Å². The van der Waals surface area contributed by atoms with Crippen molar-refractivity contribution in [2.24, 2.45) is 0 Å². The van der Waals surface area contributed by atoms with Gasteiger partial charge < -0.3 is 5.32 Å². The summed E-state index contributed by atoms with van der Waals surface area (Å²) in [5, 5.41) is 3.76. The third-order valence-corrected chi connectivity index (χ3v) is 4.75. The van der Waals surface area contributed by atoms with Crippen LogP contribution < -0.4 is 5.32 Å². The molecule has 2 heterocycles. The second-order valence-corrected chi connectivity index (χ2v) is 6.39. The highest BCUT2D eigenvalue weighted by atomic mass is 15.2.